The molecule has 1 aromatic carbocycles. The maximum absolute atomic E-state index is 12.4. The average Bonchev–Trinajstić information content (AvgIpc) is 2.87. The lowest BCUT2D eigenvalue weighted by molar-refractivity contribution is -0.671. The zero-order valence-electron chi connectivity index (χ0n) is 11.9. The molecule has 0 fully saturated rings. The van der Waals surface area contributed by atoms with E-state index in [0.29, 0.717) is 0 Å². The number of aliphatic hydroxyl groups excluding tert-OH is 1. The van der Waals surface area contributed by atoms with Gasteiger partial charge in [-0.25, -0.2) is 9.13 Å². The molecule has 106 valence electrons. The van der Waals surface area contributed by atoms with Crippen LogP contribution in [0.2, 0.25) is 0 Å². The smallest absolute Gasteiger partial charge is 0.244 e. The first kappa shape index (κ1) is 14.5. The SMILES string of the molecule is CCC(C(=O)C[C@H](O)c1ccccc1)n1cc[n+](C)c1. The molecule has 2 atom stereocenters. The molecule has 0 aliphatic rings. The molecule has 20 heavy (non-hydrogen) atoms. The van der Waals surface area contributed by atoms with Gasteiger partial charge in [-0.15, -0.1) is 0 Å². The fraction of sp³-hybridized carbons (Fsp3) is 0.375. The van der Waals surface area contributed by atoms with E-state index in [0.717, 1.165) is 12.0 Å². The van der Waals surface area contributed by atoms with Crippen molar-refractivity contribution in [2.24, 2.45) is 7.05 Å². The first-order chi connectivity index (χ1) is 9.61. The summed E-state index contributed by atoms with van der Waals surface area (Å²) in [7, 11) is 1.92. The summed E-state index contributed by atoms with van der Waals surface area (Å²) in [6, 6.07) is 9.10. The van der Waals surface area contributed by atoms with Crippen LogP contribution in [0.1, 0.15) is 37.5 Å². The number of carbonyl (C=O) groups excluding carboxylic acids is 1. The van der Waals surface area contributed by atoms with Gasteiger partial charge in [-0.1, -0.05) is 37.3 Å². The fourth-order valence-electron chi connectivity index (χ4n) is 2.38. The van der Waals surface area contributed by atoms with E-state index in [1.807, 2.05) is 72.2 Å². The molecule has 0 amide bonds. The van der Waals surface area contributed by atoms with E-state index in [9.17, 15) is 9.90 Å². The Bertz CT molecular complexity index is 563. The van der Waals surface area contributed by atoms with E-state index in [4.69, 9.17) is 0 Å². The van der Waals surface area contributed by atoms with E-state index in [1.165, 1.54) is 0 Å². The molecule has 0 aliphatic carbocycles. The molecule has 0 saturated heterocycles. The van der Waals surface area contributed by atoms with E-state index < -0.39 is 6.10 Å². The third kappa shape index (κ3) is 3.33. The first-order valence-electron chi connectivity index (χ1n) is 6.90. The molecule has 1 unspecified atom stereocenters. The molecule has 2 rings (SSSR count). The van der Waals surface area contributed by atoms with E-state index in [-0.39, 0.29) is 18.2 Å². The van der Waals surface area contributed by atoms with Crippen LogP contribution in [0.5, 0.6) is 0 Å². The minimum absolute atomic E-state index is 0.0556. The van der Waals surface area contributed by atoms with Gasteiger partial charge < -0.3 is 5.11 Å². The van der Waals surface area contributed by atoms with Gasteiger partial charge >= 0.3 is 0 Å². The lowest BCUT2D eigenvalue weighted by Gasteiger charge is -2.14. The fourth-order valence-corrected chi connectivity index (χ4v) is 2.38. The molecule has 4 heteroatoms. The molecule has 0 bridgehead atoms. The van der Waals surface area contributed by atoms with E-state index in [1.54, 1.807) is 0 Å². The van der Waals surface area contributed by atoms with Crippen LogP contribution in [0, 0.1) is 0 Å². The average molecular weight is 273 g/mol. The van der Waals surface area contributed by atoms with Gasteiger partial charge in [-0.2, -0.15) is 0 Å². The van der Waals surface area contributed by atoms with Crippen LogP contribution in [0.4, 0.5) is 0 Å². The Hall–Kier alpha value is -1.94. The Labute approximate surface area is 119 Å². The van der Waals surface area contributed by atoms with Gasteiger partial charge in [0.25, 0.3) is 0 Å². The highest BCUT2D eigenvalue weighted by atomic mass is 16.3. The van der Waals surface area contributed by atoms with Crippen LogP contribution < -0.4 is 4.57 Å². The monoisotopic (exact) mass is 273 g/mol. The molecule has 0 saturated carbocycles. The summed E-state index contributed by atoms with van der Waals surface area (Å²) in [5.74, 6) is 0.0556. The van der Waals surface area contributed by atoms with Gasteiger partial charge in [0.15, 0.2) is 11.8 Å². The van der Waals surface area contributed by atoms with Gasteiger partial charge in [0, 0.05) is 6.42 Å². The Kier molecular flexibility index (Phi) is 4.69. The Morgan fingerprint density at radius 1 is 1.35 bits per heavy atom. The summed E-state index contributed by atoms with van der Waals surface area (Å²) in [5, 5.41) is 10.2. The lowest BCUT2D eigenvalue weighted by Crippen LogP contribution is -2.26. The largest absolute Gasteiger partial charge is 0.388 e. The number of hydrogen-bond acceptors (Lipinski definition) is 2. The standard InChI is InChI=1S/C16H21N2O2/c1-3-14(18-10-9-17(2)12-18)16(20)11-15(19)13-7-5-4-6-8-13/h4-10,12,14-15,19H,3,11H2,1-2H3/q+1/t14?,15-/m0/s1. The second-order valence-corrected chi connectivity index (χ2v) is 5.05. The van der Waals surface area contributed by atoms with E-state index in [2.05, 4.69) is 0 Å². The second-order valence-electron chi connectivity index (χ2n) is 5.05. The number of hydrogen-bond donors (Lipinski definition) is 1. The Balaban J connectivity index is 2.06. The van der Waals surface area contributed by atoms with Gasteiger partial charge in [-0.3, -0.25) is 4.79 Å². The number of aryl methyl sites for hydroxylation is 1. The maximum Gasteiger partial charge on any atom is 0.244 e. The maximum atomic E-state index is 12.4. The number of carbonyl (C=O) groups is 1. The quantitative estimate of drug-likeness (QED) is 0.818. The lowest BCUT2D eigenvalue weighted by atomic mass is 9.99. The van der Waals surface area contributed by atoms with Gasteiger partial charge in [0.2, 0.25) is 6.33 Å². The van der Waals surface area contributed by atoms with Crippen LogP contribution >= 0.6 is 0 Å². The molecule has 2 aromatic rings. The molecular formula is C16H21N2O2+. The third-order valence-corrected chi connectivity index (χ3v) is 3.49. The molecule has 0 spiro atoms. The predicted molar refractivity (Wildman–Crippen MR) is 76.0 cm³/mol. The van der Waals surface area contributed by atoms with Crippen LogP contribution in [0.3, 0.4) is 0 Å². The highest BCUT2D eigenvalue weighted by Gasteiger charge is 2.25. The highest BCUT2D eigenvalue weighted by molar-refractivity contribution is 5.83. The van der Waals surface area contributed by atoms with Crippen molar-refractivity contribution in [1.82, 2.24) is 4.57 Å². The first-order valence-corrected chi connectivity index (χ1v) is 6.90. The summed E-state index contributed by atoms with van der Waals surface area (Å²) < 4.78 is 3.81. The van der Waals surface area contributed by atoms with Crippen LogP contribution in [0.15, 0.2) is 49.1 Å². The summed E-state index contributed by atoms with van der Waals surface area (Å²) in [6.45, 7) is 1.98. The second kappa shape index (κ2) is 6.48. The molecule has 1 heterocycles. The number of aromatic nitrogens is 2. The minimum Gasteiger partial charge on any atom is -0.388 e. The summed E-state index contributed by atoms with van der Waals surface area (Å²) >= 11 is 0. The molecule has 1 aromatic heterocycles. The number of rotatable bonds is 6. The van der Waals surface area contributed by atoms with E-state index >= 15 is 0 Å². The summed E-state index contributed by atoms with van der Waals surface area (Å²) in [5.41, 5.74) is 0.786. The van der Waals surface area contributed by atoms with Gasteiger partial charge in [-0.05, 0) is 12.0 Å². The van der Waals surface area contributed by atoms with Crippen molar-refractivity contribution in [3.8, 4) is 0 Å². The molecule has 0 radical (unpaired) electrons. The zero-order valence-corrected chi connectivity index (χ0v) is 11.9. The number of Topliss-reactive ketones (excluding diaryl/α,β-unsaturated/α-hetero) is 1. The van der Waals surface area contributed by atoms with Crippen LogP contribution in [-0.4, -0.2) is 15.5 Å². The van der Waals surface area contributed by atoms with Crippen molar-refractivity contribution in [1.29, 1.82) is 0 Å². The summed E-state index contributed by atoms with van der Waals surface area (Å²) in [4.78, 5) is 12.4. The van der Waals surface area contributed by atoms with Gasteiger partial charge in [0.05, 0.1) is 13.2 Å². The summed E-state index contributed by atoms with van der Waals surface area (Å²) in [6.07, 6.45) is 5.81. The highest BCUT2D eigenvalue weighted by Crippen LogP contribution is 2.21. The van der Waals surface area contributed by atoms with Crippen LogP contribution in [0.25, 0.3) is 0 Å². The number of aliphatic hydroxyl groups is 1. The zero-order chi connectivity index (χ0) is 14.5. The molecule has 0 aliphatic heterocycles. The van der Waals surface area contributed by atoms with Gasteiger partial charge in [0.1, 0.15) is 12.4 Å². The minimum atomic E-state index is -0.734. The number of imidazole rings is 1. The van der Waals surface area contributed by atoms with Crippen molar-refractivity contribution in [2.45, 2.75) is 31.9 Å². The van der Waals surface area contributed by atoms with Crippen molar-refractivity contribution in [2.75, 3.05) is 0 Å². The molecule has 1 N–H and O–H groups in total. The number of ketones is 1. The number of nitrogens with zero attached hydrogens (tertiary/aromatic N) is 2. The molecule has 4 nitrogen and oxygen atoms in total. The normalized spacial score (nSPS) is 13.9. The van der Waals surface area contributed by atoms with Crippen molar-refractivity contribution in [3.63, 3.8) is 0 Å². The van der Waals surface area contributed by atoms with Crippen molar-refractivity contribution >= 4 is 5.78 Å². The predicted octanol–water partition coefficient (Wildman–Crippen LogP) is 1.96. The third-order valence-electron chi connectivity index (χ3n) is 3.49. The topological polar surface area (TPSA) is 46.1 Å². The number of benzene rings is 1. The van der Waals surface area contributed by atoms with Crippen molar-refractivity contribution in [3.05, 3.63) is 54.6 Å². The van der Waals surface area contributed by atoms with Crippen LogP contribution in [-0.2, 0) is 11.8 Å². The van der Waals surface area contributed by atoms with Crippen molar-refractivity contribution < 1.29 is 14.5 Å². The Morgan fingerprint density at radius 3 is 2.60 bits per heavy atom. The molecular weight excluding hydrogens is 252 g/mol. The Morgan fingerprint density at radius 2 is 2.05 bits per heavy atom.